The van der Waals surface area contributed by atoms with E-state index in [9.17, 15) is 14.4 Å². The Kier molecular flexibility index (Phi) is 5.67. The number of rotatable bonds is 8. The molecule has 0 radical (unpaired) electrons. The Morgan fingerprint density at radius 2 is 1.71 bits per heavy atom. The predicted molar refractivity (Wildman–Crippen MR) is 117 cm³/mol. The highest BCUT2D eigenvalue weighted by Gasteiger charge is 2.85. The third-order valence-corrected chi connectivity index (χ3v) is 7.10. The molecule has 31 heavy (non-hydrogen) atoms. The molecule has 4 rings (SSSR count). The number of ketones is 2. The van der Waals surface area contributed by atoms with E-state index in [0.717, 1.165) is 56.9 Å². The molecule has 5 heteroatoms. The van der Waals surface area contributed by atoms with E-state index in [4.69, 9.17) is 9.47 Å². The second-order valence-corrected chi connectivity index (χ2v) is 9.54. The molecule has 1 aliphatic heterocycles. The number of epoxide rings is 1. The fourth-order valence-electron chi connectivity index (χ4n) is 5.27. The minimum absolute atomic E-state index is 0.187. The van der Waals surface area contributed by atoms with Gasteiger partial charge in [0.25, 0.3) is 5.60 Å². The van der Waals surface area contributed by atoms with Gasteiger partial charge in [0, 0.05) is 17.5 Å². The van der Waals surface area contributed by atoms with Crippen LogP contribution in [0.15, 0.2) is 35.9 Å². The quantitative estimate of drug-likeness (QED) is 0.184. The molecule has 1 saturated carbocycles. The fraction of sp³-hybridized carbons (Fsp3) is 0.577. The minimum atomic E-state index is -1.86. The number of esters is 1. The molecule has 5 nitrogen and oxygen atoms in total. The van der Waals surface area contributed by atoms with Crippen molar-refractivity contribution < 1.29 is 23.9 Å². The molecule has 0 unspecified atom stereocenters. The lowest BCUT2D eigenvalue weighted by Gasteiger charge is -2.32. The van der Waals surface area contributed by atoms with Crippen LogP contribution in [0.5, 0.6) is 0 Å². The number of carbonyl (C=O) groups is 3. The highest BCUT2D eigenvalue weighted by atomic mass is 16.7. The van der Waals surface area contributed by atoms with Crippen LogP contribution in [-0.2, 0) is 14.3 Å². The molecular weight excluding hydrogens is 392 g/mol. The minimum Gasteiger partial charge on any atom is -0.456 e. The Morgan fingerprint density at radius 3 is 2.32 bits per heavy atom. The highest BCUT2D eigenvalue weighted by Crippen LogP contribution is 2.59. The van der Waals surface area contributed by atoms with Crippen LogP contribution in [0.3, 0.4) is 0 Å². The van der Waals surface area contributed by atoms with Crippen LogP contribution in [0.1, 0.15) is 99.3 Å². The third-order valence-electron chi connectivity index (χ3n) is 7.10. The number of Topliss-reactive ketones (excluding diaryl/α,β-unsaturated/α-hetero) is 2. The average Bonchev–Trinajstić information content (AvgIpc) is 3.28. The number of unbranched alkanes of at least 4 members (excludes halogenated alkanes) is 2. The molecule has 0 spiro atoms. The van der Waals surface area contributed by atoms with Crippen molar-refractivity contribution in [2.24, 2.45) is 0 Å². The number of fused-ring (bicyclic) bond motifs is 2. The smallest absolute Gasteiger partial charge is 0.350 e. The van der Waals surface area contributed by atoms with Crippen molar-refractivity contribution in [2.75, 3.05) is 0 Å². The molecule has 0 aromatic heterocycles. The average molecular weight is 425 g/mol. The van der Waals surface area contributed by atoms with Crippen LogP contribution < -0.4 is 0 Å². The van der Waals surface area contributed by atoms with Crippen LogP contribution in [0.2, 0.25) is 0 Å². The summed E-state index contributed by atoms with van der Waals surface area (Å²) in [6.07, 6.45) is 9.61. The van der Waals surface area contributed by atoms with Crippen molar-refractivity contribution in [1.82, 2.24) is 0 Å². The number of hydrogen-bond donors (Lipinski definition) is 0. The summed E-state index contributed by atoms with van der Waals surface area (Å²) in [6, 6.07) is 6.68. The van der Waals surface area contributed by atoms with Gasteiger partial charge in [-0.2, -0.15) is 0 Å². The first-order chi connectivity index (χ1) is 14.8. The van der Waals surface area contributed by atoms with Gasteiger partial charge in [-0.1, -0.05) is 55.7 Å². The van der Waals surface area contributed by atoms with Crippen molar-refractivity contribution in [2.45, 2.75) is 95.4 Å². The summed E-state index contributed by atoms with van der Waals surface area (Å²) in [4.78, 5) is 40.6. The normalized spacial score (nSPS) is 28.0. The number of allylic oxidation sites excluding steroid dienone is 1. The van der Waals surface area contributed by atoms with E-state index in [1.54, 1.807) is 24.3 Å². The number of ether oxygens (including phenoxy) is 2. The summed E-state index contributed by atoms with van der Waals surface area (Å²) in [5.41, 5.74) is -2.32. The van der Waals surface area contributed by atoms with E-state index in [2.05, 4.69) is 6.92 Å². The SMILES string of the molecule is CCCCCC1(OC(=O)[C@]23O[C@@]2(CC=C(C)C)C(=O)c2ccccc2C3=O)CCCC1. The Hall–Kier alpha value is -2.27. The molecule has 0 amide bonds. The van der Waals surface area contributed by atoms with Crippen molar-refractivity contribution in [3.63, 3.8) is 0 Å². The topological polar surface area (TPSA) is 73.0 Å². The van der Waals surface area contributed by atoms with Gasteiger partial charge in [0.05, 0.1) is 0 Å². The van der Waals surface area contributed by atoms with E-state index in [1.807, 2.05) is 19.9 Å². The van der Waals surface area contributed by atoms with Crippen LogP contribution >= 0.6 is 0 Å². The predicted octanol–water partition coefficient (Wildman–Crippen LogP) is 5.37. The summed E-state index contributed by atoms with van der Waals surface area (Å²) >= 11 is 0. The lowest BCUT2D eigenvalue weighted by atomic mass is 9.72. The molecule has 2 fully saturated rings. The molecule has 3 aliphatic rings. The Morgan fingerprint density at radius 1 is 1.06 bits per heavy atom. The first kappa shape index (κ1) is 21.9. The highest BCUT2D eigenvalue weighted by molar-refractivity contribution is 6.32. The maximum atomic E-state index is 13.6. The Bertz CT molecular complexity index is 935. The second kappa shape index (κ2) is 8.01. The first-order valence-electron chi connectivity index (χ1n) is 11.6. The van der Waals surface area contributed by atoms with Gasteiger partial charge < -0.3 is 9.47 Å². The molecule has 1 aromatic carbocycles. The summed E-state index contributed by atoms with van der Waals surface area (Å²) in [6.45, 7) is 5.98. The van der Waals surface area contributed by atoms with E-state index in [1.165, 1.54) is 0 Å². The molecule has 2 aliphatic carbocycles. The zero-order valence-electron chi connectivity index (χ0n) is 18.8. The maximum Gasteiger partial charge on any atom is 0.350 e. The number of carbonyl (C=O) groups excluding carboxylic acids is 3. The van der Waals surface area contributed by atoms with Gasteiger partial charge in [-0.15, -0.1) is 0 Å². The van der Waals surface area contributed by atoms with Gasteiger partial charge in [0.2, 0.25) is 5.78 Å². The standard InChI is InChI=1S/C26H32O5/c1-4-5-8-14-24(15-9-10-16-24)30-23(29)26-22(28)20-12-7-6-11-19(20)21(27)25(26,31-26)17-13-18(2)3/h6-7,11-13H,4-5,8-10,14-17H2,1-3H3/t25-,26-/m0/s1. The van der Waals surface area contributed by atoms with Crippen molar-refractivity contribution in [1.29, 1.82) is 0 Å². The van der Waals surface area contributed by atoms with E-state index in [0.29, 0.717) is 5.56 Å². The summed E-state index contributed by atoms with van der Waals surface area (Å²) in [7, 11) is 0. The molecule has 1 aromatic rings. The molecular formula is C26H32O5. The fourth-order valence-corrected chi connectivity index (χ4v) is 5.27. The lowest BCUT2D eigenvalue weighted by Crippen LogP contribution is -2.52. The van der Waals surface area contributed by atoms with Gasteiger partial charge in [0.1, 0.15) is 5.60 Å². The Labute approximate surface area is 184 Å². The molecule has 1 heterocycles. The van der Waals surface area contributed by atoms with Crippen LogP contribution in [0, 0.1) is 0 Å². The van der Waals surface area contributed by atoms with Crippen molar-refractivity contribution in [3.8, 4) is 0 Å². The molecule has 1 saturated heterocycles. The Balaban J connectivity index is 1.69. The zero-order chi connectivity index (χ0) is 22.3. The summed E-state index contributed by atoms with van der Waals surface area (Å²) in [5, 5.41) is 0. The summed E-state index contributed by atoms with van der Waals surface area (Å²) < 4.78 is 12.1. The molecule has 166 valence electrons. The van der Waals surface area contributed by atoms with Gasteiger partial charge in [-0.25, -0.2) is 4.79 Å². The largest absolute Gasteiger partial charge is 0.456 e. The van der Waals surface area contributed by atoms with E-state index >= 15 is 0 Å². The summed E-state index contributed by atoms with van der Waals surface area (Å²) in [5.74, 6) is -1.43. The van der Waals surface area contributed by atoms with E-state index < -0.39 is 28.6 Å². The first-order valence-corrected chi connectivity index (χ1v) is 11.6. The van der Waals surface area contributed by atoms with Crippen LogP contribution in [-0.4, -0.2) is 34.3 Å². The van der Waals surface area contributed by atoms with Gasteiger partial charge in [0.15, 0.2) is 11.4 Å². The van der Waals surface area contributed by atoms with Crippen molar-refractivity contribution >= 4 is 17.5 Å². The lowest BCUT2D eigenvalue weighted by molar-refractivity contribution is -0.164. The zero-order valence-corrected chi connectivity index (χ0v) is 18.8. The maximum absolute atomic E-state index is 13.6. The van der Waals surface area contributed by atoms with E-state index in [-0.39, 0.29) is 17.8 Å². The van der Waals surface area contributed by atoms with Crippen LogP contribution in [0.4, 0.5) is 0 Å². The molecule has 2 atom stereocenters. The van der Waals surface area contributed by atoms with Gasteiger partial charge in [-0.05, 0) is 52.4 Å². The molecule has 0 N–H and O–H groups in total. The molecule has 0 bridgehead atoms. The van der Waals surface area contributed by atoms with Gasteiger partial charge in [-0.3, -0.25) is 9.59 Å². The third kappa shape index (κ3) is 3.38. The second-order valence-electron chi connectivity index (χ2n) is 9.54. The van der Waals surface area contributed by atoms with Crippen molar-refractivity contribution in [3.05, 3.63) is 47.0 Å². The monoisotopic (exact) mass is 424 g/mol. The van der Waals surface area contributed by atoms with Crippen LogP contribution in [0.25, 0.3) is 0 Å². The number of hydrogen-bond acceptors (Lipinski definition) is 5. The number of benzene rings is 1. The van der Waals surface area contributed by atoms with Gasteiger partial charge >= 0.3 is 5.97 Å².